The van der Waals surface area contributed by atoms with Gasteiger partial charge in [-0.1, -0.05) is 32.9 Å². The van der Waals surface area contributed by atoms with Crippen molar-refractivity contribution >= 4 is 0 Å². The van der Waals surface area contributed by atoms with Crippen molar-refractivity contribution in [1.29, 1.82) is 5.26 Å². The summed E-state index contributed by atoms with van der Waals surface area (Å²) in [5, 5.41) is 20.6. The molecule has 0 aliphatic heterocycles. The lowest BCUT2D eigenvalue weighted by atomic mass is 9.96. The molecule has 0 atom stereocenters. The minimum absolute atomic E-state index is 0.0872. The van der Waals surface area contributed by atoms with E-state index in [0.29, 0.717) is 12.1 Å². The number of hydrogen-bond acceptors (Lipinski definition) is 4. The van der Waals surface area contributed by atoms with Crippen molar-refractivity contribution in [1.82, 2.24) is 20.2 Å². The van der Waals surface area contributed by atoms with Crippen LogP contribution in [0, 0.1) is 11.3 Å². The first-order chi connectivity index (χ1) is 8.50. The van der Waals surface area contributed by atoms with Gasteiger partial charge in [0.1, 0.15) is 0 Å². The molecule has 1 heterocycles. The number of benzene rings is 1. The molecule has 0 aliphatic carbocycles. The third kappa shape index (κ3) is 2.54. The van der Waals surface area contributed by atoms with Crippen LogP contribution in [-0.2, 0) is 12.0 Å². The van der Waals surface area contributed by atoms with Gasteiger partial charge in [-0.3, -0.25) is 0 Å². The highest BCUT2D eigenvalue weighted by molar-refractivity contribution is 5.31. The van der Waals surface area contributed by atoms with Gasteiger partial charge in [0, 0.05) is 5.41 Å². The van der Waals surface area contributed by atoms with Gasteiger partial charge in [-0.05, 0) is 28.1 Å². The van der Waals surface area contributed by atoms with Crippen molar-refractivity contribution in [3.63, 3.8) is 0 Å². The molecule has 1 aromatic heterocycles. The Morgan fingerprint density at radius 3 is 2.44 bits per heavy atom. The summed E-state index contributed by atoms with van der Waals surface area (Å²) in [4.78, 5) is 0. The van der Waals surface area contributed by atoms with Crippen molar-refractivity contribution in [2.45, 2.75) is 32.7 Å². The van der Waals surface area contributed by atoms with Crippen LogP contribution < -0.4 is 0 Å². The first-order valence-corrected chi connectivity index (χ1v) is 5.76. The molecule has 0 bridgehead atoms. The molecule has 5 nitrogen and oxygen atoms in total. The second kappa shape index (κ2) is 4.57. The molecular formula is C13H15N5. The Balaban J connectivity index is 2.24. The van der Waals surface area contributed by atoms with E-state index in [1.54, 1.807) is 16.8 Å². The number of hydrogen-bond donors (Lipinski definition) is 0. The number of tetrazole rings is 1. The van der Waals surface area contributed by atoms with E-state index in [2.05, 4.69) is 42.4 Å². The van der Waals surface area contributed by atoms with Gasteiger partial charge in [-0.25, -0.2) is 4.68 Å². The molecule has 0 aliphatic rings. The third-order valence-electron chi connectivity index (χ3n) is 2.62. The monoisotopic (exact) mass is 241 g/mol. The van der Waals surface area contributed by atoms with Crippen molar-refractivity contribution < 1.29 is 0 Å². The van der Waals surface area contributed by atoms with Gasteiger partial charge in [0.25, 0.3) is 0 Å². The SMILES string of the molecule is CC(C)(C)c1nnnn1Cc1ccc(C#N)cc1. The Bertz CT molecular complexity index is 569. The van der Waals surface area contributed by atoms with Gasteiger partial charge in [-0.2, -0.15) is 5.26 Å². The molecule has 0 spiro atoms. The van der Waals surface area contributed by atoms with Gasteiger partial charge in [-0.15, -0.1) is 5.10 Å². The van der Waals surface area contributed by atoms with Gasteiger partial charge < -0.3 is 0 Å². The first kappa shape index (κ1) is 12.2. The molecule has 0 fully saturated rings. The molecule has 18 heavy (non-hydrogen) atoms. The van der Waals surface area contributed by atoms with Gasteiger partial charge >= 0.3 is 0 Å². The summed E-state index contributed by atoms with van der Waals surface area (Å²) < 4.78 is 1.79. The lowest BCUT2D eigenvalue weighted by Crippen LogP contribution is -2.20. The average molecular weight is 241 g/mol. The van der Waals surface area contributed by atoms with Crippen LogP contribution in [0.4, 0.5) is 0 Å². The smallest absolute Gasteiger partial charge is 0.156 e. The highest BCUT2D eigenvalue weighted by atomic mass is 15.5. The van der Waals surface area contributed by atoms with Crippen LogP contribution in [-0.4, -0.2) is 20.2 Å². The summed E-state index contributed by atoms with van der Waals surface area (Å²) in [6.45, 7) is 6.85. The largest absolute Gasteiger partial charge is 0.225 e. The van der Waals surface area contributed by atoms with E-state index < -0.39 is 0 Å². The summed E-state index contributed by atoms with van der Waals surface area (Å²) in [5.41, 5.74) is 1.65. The van der Waals surface area contributed by atoms with Crippen LogP contribution in [0.5, 0.6) is 0 Å². The Hall–Kier alpha value is -2.22. The standard InChI is InChI=1S/C13H15N5/c1-13(2,3)12-15-16-17-18(12)9-11-6-4-10(8-14)5-7-11/h4-7H,9H2,1-3H3. The molecule has 0 amide bonds. The normalized spacial score (nSPS) is 11.2. The predicted octanol–water partition coefficient (Wildman–Crippen LogP) is 1.89. The maximum Gasteiger partial charge on any atom is 0.156 e. The molecule has 5 heteroatoms. The van der Waals surface area contributed by atoms with Crippen LogP contribution >= 0.6 is 0 Å². The minimum atomic E-state index is -0.0872. The van der Waals surface area contributed by atoms with Crippen molar-refractivity contribution in [3.8, 4) is 6.07 Å². The summed E-state index contributed by atoms with van der Waals surface area (Å²) >= 11 is 0. The fraction of sp³-hybridized carbons (Fsp3) is 0.385. The molecule has 1 aromatic carbocycles. The number of nitriles is 1. The maximum absolute atomic E-state index is 8.75. The lowest BCUT2D eigenvalue weighted by Gasteiger charge is -2.17. The average Bonchev–Trinajstić information content (AvgIpc) is 2.78. The molecule has 0 saturated carbocycles. The number of rotatable bonds is 2. The molecule has 92 valence electrons. The van der Waals surface area contributed by atoms with E-state index in [1.807, 2.05) is 12.1 Å². The van der Waals surface area contributed by atoms with Crippen LogP contribution in [0.15, 0.2) is 24.3 Å². The van der Waals surface area contributed by atoms with Crippen molar-refractivity contribution in [2.75, 3.05) is 0 Å². The number of aromatic nitrogens is 4. The highest BCUT2D eigenvalue weighted by Gasteiger charge is 2.21. The van der Waals surface area contributed by atoms with Crippen LogP contribution in [0.1, 0.15) is 37.7 Å². The second-order valence-corrected chi connectivity index (χ2v) is 5.22. The Morgan fingerprint density at radius 2 is 1.89 bits per heavy atom. The lowest BCUT2D eigenvalue weighted by molar-refractivity contribution is 0.490. The molecule has 0 N–H and O–H groups in total. The maximum atomic E-state index is 8.75. The number of nitrogens with zero attached hydrogens (tertiary/aromatic N) is 5. The van der Waals surface area contributed by atoms with Gasteiger partial charge in [0.15, 0.2) is 5.82 Å². The van der Waals surface area contributed by atoms with E-state index in [-0.39, 0.29) is 5.41 Å². The molecule has 2 aromatic rings. The second-order valence-electron chi connectivity index (χ2n) is 5.22. The zero-order valence-corrected chi connectivity index (χ0v) is 10.8. The topological polar surface area (TPSA) is 67.4 Å². The van der Waals surface area contributed by atoms with E-state index in [1.165, 1.54) is 0 Å². The molecule has 0 radical (unpaired) electrons. The predicted molar refractivity (Wildman–Crippen MR) is 66.8 cm³/mol. The molecule has 0 saturated heterocycles. The zero-order chi connectivity index (χ0) is 13.2. The summed E-state index contributed by atoms with van der Waals surface area (Å²) in [6, 6.07) is 9.55. The minimum Gasteiger partial charge on any atom is -0.225 e. The van der Waals surface area contributed by atoms with Gasteiger partial charge in [0.2, 0.25) is 0 Å². The Morgan fingerprint density at radius 1 is 1.22 bits per heavy atom. The fourth-order valence-corrected chi connectivity index (χ4v) is 1.71. The Kier molecular flexibility index (Phi) is 3.11. The highest BCUT2D eigenvalue weighted by Crippen LogP contribution is 2.19. The van der Waals surface area contributed by atoms with Crippen LogP contribution in [0.25, 0.3) is 0 Å². The Labute approximate surface area is 106 Å². The molecule has 2 rings (SSSR count). The summed E-state index contributed by atoms with van der Waals surface area (Å²) in [6.07, 6.45) is 0. The quantitative estimate of drug-likeness (QED) is 0.805. The van der Waals surface area contributed by atoms with Crippen molar-refractivity contribution in [2.24, 2.45) is 0 Å². The van der Waals surface area contributed by atoms with Gasteiger partial charge in [0.05, 0.1) is 18.2 Å². The van der Waals surface area contributed by atoms with Crippen LogP contribution in [0.3, 0.4) is 0 Å². The van der Waals surface area contributed by atoms with Crippen LogP contribution in [0.2, 0.25) is 0 Å². The fourth-order valence-electron chi connectivity index (χ4n) is 1.71. The van der Waals surface area contributed by atoms with E-state index >= 15 is 0 Å². The van der Waals surface area contributed by atoms with Crippen molar-refractivity contribution in [3.05, 3.63) is 41.2 Å². The first-order valence-electron chi connectivity index (χ1n) is 5.76. The summed E-state index contributed by atoms with van der Waals surface area (Å²) in [5.74, 6) is 0.854. The van der Waals surface area contributed by atoms with E-state index in [0.717, 1.165) is 11.4 Å². The molecule has 0 unspecified atom stereocenters. The third-order valence-corrected chi connectivity index (χ3v) is 2.62. The van der Waals surface area contributed by atoms with E-state index in [9.17, 15) is 0 Å². The summed E-state index contributed by atoms with van der Waals surface area (Å²) in [7, 11) is 0. The van der Waals surface area contributed by atoms with E-state index in [4.69, 9.17) is 5.26 Å². The zero-order valence-electron chi connectivity index (χ0n) is 10.8. The molecular weight excluding hydrogens is 226 g/mol.